The van der Waals surface area contributed by atoms with Crippen LogP contribution in [0.2, 0.25) is 0 Å². The van der Waals surface area contributed by atoms with Gasteiger partial charge in [-0.2, -0.15) is 13.2 Å². The van der Waals surface area contributed by atoms with Crippen LogP contribution in [0, 0.1) is 0 Å². The molecule has 1 aromatic carbocycles. The van der Waals surface area contributed by atoms with E-state index < -0.39 is 26.5 Å². The molecule has 1 rings (SSSR count). The predicted octanol–water partition coefficient (Wildman–Crippen LogP) is 2.47. The van der Waals surface area contributed by atoms with E-state index in [1.807, 2.05) is 0 Å². The van der Waals surface area contributed by atoms with Gasteiger partial charge in [0.2, 0.25) is 0 Å². The first-order valence-corrected chi connectivity index (χ1v) is 6.53. The van der Waals surface area contributed by atoms with Crippen molar-refractivity contribution < 1.29 is 21.6 Å². The Morgan fingerprint density at radius 2 is 1.88 bits per heavy atom. The van der Waals surface area contributed by atoms with Crippen LogP contribution in [0.25, 0.3) is 0 Å². The van der Waals surface area contributed by atoms with Gasteiger partial charge < -0.3 is 5.73 Å². The molecule has 0 amide bonds. The lowest BCUT2D eigenvalue weighted by Gasteiger charge is -2.13. The maximum atomic E-state index is 12.7. The highest BCUT2D eigenvalue weighted by molar-refractivity contribution is 7.91. The third-order valence-corrected chi connectivity index (χ3v) is 4.09. The average molecular weight is 267 g/mol. The number of rotatable bonds is 3. The molecule has 0 saturated heterocycles. The van der Waals surface area contributed by atoms with Crippen molar-refractivity contribution in [1.82, 2.24) is 0 Å². The zero-order valence-corrected chi connectivity index (χ0v) is 9.90. The van der Waals surface area contributed by atoms with E-state index in [9.17, 15) is 21.6 Å². The molecule has 1 aromatic rings. The standard InChI is InChI=1S/C10H12F3NO2S/c1-2-5-17(15,16)9-4-3-7(14)6-8(9)10(11,12)13/h3-4,6H,2,5,14H2,1H3. The van der Waals surface area contributed by atoms with Crippen molar-refractivity contribution in [2.24, 2.45) is 0 Å². The number of nitrogens with two attached hydrogens (primary N) is 1. The molecule has 0 spiro atoms. The Balaban J connectivity index is 3.45. The van der Waals surface area contributed by atoms with Gasteiger partial charge in [0.05, 0.1) is 16.2 Å². The molecule has 2 N–H and O–H groups in total. The smallest absolute Gasteiger partial charge is 0.399 e. The third kappa shape index (κ3) is 3.12. The lowest BCUT2D eigenvalue weighted by Crippen LogP contribution is -2.15. The van der Waals surface area contributed by atoms with E-state index >= 15 is 0 Å². The topological polar surface area (TPSA) is 60.2 Å². The summed E-state index contributed by atoms with van der Waals surface area (Å²) >= 11 is 0. The van der Waals surface area contributed by atoms with Crippen LogP contribution in [0.3, 0.4) is 0 Å². The summed E-state index contributed by atoms with van der Waals surface area (Å²) in [5, 5.41) is 0. The Morgan fingerprint density at radius 3 is 2.35 bits per heavy atom. The number of alkyl halides is 3. The first kappa shape index (κ1) is 13.8. The fourth-order valence-electron chi connectivity index (χ4n) is 1.42. The second-order valence-electron chi connectivity index (χ2n) is 3.57. The molecular weight excluding hydrogens is 255 g/mol. The van der Waals surface area contributed by atoms with Gasteiger partial charge in [-0.3, -0.25) is 0 Å². The van der Waals surface area contributed by atoms with Gasteiger partial charge in [-0.15, -0.1) is 0 Å². The van der Waals surface area contributed by atoms with Gasteiger partial charge >= 0.3 is 6.18 Å². The van der Waals surface area contributed by atoms with Gasteiger partial charge in [0.25, 0.3) is 0 Å². The van der Waals surface area contributed by atoms with Crippen LogP contribution < -0.4 is 5.73 Å². The Labute approximate surface area is 97.4 Å². The monoisotopic (exact) mass is 267 g/mol. The number of nitrogen functional groups attached to an aromatic ring is 1. The van der Waals surface area contributed by atoms with Crippen LogP contribution in [0.5, 0.6) is 0 Å². The summed E-state index contributed by atoms with van der Waals surface area (Å²) in [7, 11) is -3.92. The van der Waals surface area contributed by atoms with E-state index in [4.69, 9.17) is 5.73 Å². The first-order valence-electron chi connectivity index (χ1n) is 4.88. The van der Waals surface area contributed by atoms with E-state index in [1.165, 1.54) is 0 Å². The molecule has 7 heteroatoms. The van der Waals surface area contributed by atoms with E-state index in [2.05, 4.69) is 0 Å². The Kier molecular flexibility index (Phi) is 3.71. The minimum absolute atomic E-state index is 0.118. The molecule has 0 radical (unpaired) electrons. The van der Waals surface area contributed by atoms with Crippen molar-refractivity contribution in [1.29, 1.82) is 0 Å². The largest absolute Gasteiger partial charge is 0.417 e. The first-order chi connectivity index (χ1) is 7.68. The van der Waals surface area contributed by atoms with Crippen LogP contribution in [0.15, 0.2) is 23.1 Å². The Morgan fingerprint density at radius 1 is 1.29 bits per heavy atom. The normalized spacial score (nSPS) is 12.7. The summed E-state index contributed by atoms with van der Waals surface area (Å²) in [4.78, 5) is -0.707. The van der Waals surface area contributed by atoms with E-state index in [0.29, 0.717) is 6.07 Å². The molecule has 96 valence electrons. The lowest BCUT2D eigenvalue weighted by atomic mass is 10.2. The van der Waals surface area contributed by atoms with Gasteiger partial charge in [0.1, 0.15) is 0 Å². The second kappa shape index (κ2) is 4.56. The molecule has 0 aromatic heterocycles. The van der Waals surface area contributed by atoms with Crippen molar-refractivity contribution in [3.05, 3.63) is 23.8 Å². The van der Waals surface area contributed by atoms with E-state index in [1.54, 1.807) is 6.92 Å². The van der Waals surface area contributed by atoms with Crippen molar-refractivity contribution >= 4 is 15.5 Å². The lowest BCUT2D eigenvalue weighted by molar-refractivity contribution is -0.139. The molecule has 17 heavy (non-hydrogen) atoms. The zero-order valence-electron chi connectivity index (χ0n) is 9.08. The summed E-state index contributed by atoms with van der Waals surface area (Å²) in [6.45, 7) is 1.59. The maximum Gasteiger partial charge on any atom is 0.417 e. The van der Waals surface area contributed by atoms with Crippen molar-refractivity contribution in [3.8, 4) is 0 Å². The predicted molar refractivity (Wildman–Crippen MR) is 58.2 cm³/mol. The summed E-state index contributed by atoms with van der Waals surface area (Å²) in [5.41, 5.74) is 3.93. The number of hydrogen-bond acceptors (Lipinski definition) is 3. The van der Waals surface area contributed by atoms with Gasteiger partial charge in [-0.05, 0) is 24.6 Å². The van der Waals surface area contributed by atoms with Gasteiger partial charge in [0.15, 0.2) is 9.84 Å². The molecule has 3 nitrogen and oxygen atoms in total. The number of hydrogen-bond donors (Lipinski definition) is 1. The molecule has 0 fully saturated rings. The van der Waals surface area contributed by atoms with Crippen molar-refractivity contribution in [2.45, 2.75) is 24.4 Å². The van der Waals surface area contributed by atoms with Gasteiger partial charge in [0, 0.05) is 5.69 Å². The quantitative estimate of drug-likeness (QED) is 0.856. The highest BCUT2D eigenvalue weighted by atomic mass is 32.2. The van der Waals surface area contributed by atoms with Gasteiger partial charge in [-0.25, -0.2) is 8.42 Å². The molecule has 0 bridgehead atoms. The maximum absolute atomic E-state index is 12.7. The summed E-state index contributed by atoms with van der Waals surface area (Å²) in [5.74, 6) is -0.319. The molecule has 0 aliphatic rings. The number of anilines is 1. The highest BCUT2D eigenvalue weighted by Crippen LogP contribution is 2.35. The SMILES string of the molecule is CCCS(=O)(=O)c1ccc(N)cc1C(F)(F)F. The summed E-state index contributed by atoms with van der Waals surface area (Å²) < 4.78 is 61.4. The molecule has 0 heterocycles. The van der Waals surface area contributed by atoms with Crippen molar-refractivity contribution in [2.75, 3.05) is 11.5 Å². The minimum atomic E-state index is -4.73. The number of halogens is 3. The van der Waals surface area contributed by atoms with Crippen LogP contribution >= 0.6 is 0 Å². The molecule has 0 atom stereocenters. The van der Waals surface area contributed by atoms with E-state index in [-0.39, 0.29) is 17.9 Å². The third-order valence-electron chi connectivity index (χ3n) is 2.12. The Bertz CT molecular complexity index is 509. The minimum Gasteiger partial charge on any atom is -0.399 e. The van der Waals surface area contributed by atoms with Crippen molar-refractivity contribution in [3.63, 3.8) is 0 Å². The molecular formula is C10H12F3NO2S. The Hall–Kier alpha value is -1.24. The molecule has 0 aliphatic carbocycles. The van der Waals surface area contributed by atoms with Crippen LogP contribution in [0.4, 0.5) is 18.9 Å². The summed E-state index contributed by atoms with van der Waals surface area (Å²) in [6, 6.07) is 2.70. The highest BCUT2D eigenvalue weighted by Gasteiger charge is 2.36. The second-order valence-corrected chi connectivity index (χ2v) is 5.65. The molecule has 0 aliphatic heterocycles. The fourth-order valence-corrected chi connectivity index (χ4v) is 2.96. The average Bonchev–Trinajstić information content (AvgIpc) is 2.15. The van der Waals surface area contributed by atoms with Crippen LogP contribution in [-0.4, -0.2) is 14.2 Å². The fraction of sp³-hybridized carbons (Fsp3) is 0.400. The molecule has 0 unspecified atom stereocenters. The molecule has 0 saturated carbocycles. The van der Waals surface area contributed by atoms with Crippen LogP contribution in [-0.2, 0) is 16.0 Å². The van der Waals surface area contributed by atoms with Gasteiger partial charge in [-0.1, -0.05) is 6.92 Å². The summed E-state index contributed by atoms with van der Waals surface area (Å²) in [6.07, 6.45) is -4.48. The van der Waals surface area contributed by atoms with E-state index in [0.717, 1.165) is 12.1 Å². The number of sulfone groups is 1. The number of benzene rings is 1. The van der Waals surface area contributed by atoms with Crippen LogP contribution in [0.1, 0.15) is 18.9 Å². The zero-order chi connectivity index (χ0) is 13.3.